The van der Waals surface area contributed by atoms with Crippen LogP contribution in [0.15, 0.2) is 54.7 Å². The van der Waals surface area contributed by atoms with E-state index in [-0.39, 0.29) is 29.8 Å². The second-order valence-corrected chi connectivity index (χ2v) is 11.7. The third kappa shape index (κ3) is 5.72. The molecule has 1 aromatic heterocycles. The number of nitrogens with zero attached hydrogens (tertiary/aromatic N) is 3. The number of H-pyrrole nitrogens is 1. The molecule has 10 heteroatoms. The van der Waals surface area contributed by atoms with E-state index in [0.717, 1.165) is 35.7 Å². The first-order valence-corrected chi connectivity index (χ1v) is 14.7. The minimum absolute atomic E-state index is 0.00612. The van der Waals surface area contributed by atoms with E-state index in [1.54, 1.807) is 26.8 Å². The Morgan fingerprint density at radius 1 is 1.12 bits per heavy atom. The highest BCUT2D eigenvalue weighted by Crippen LogP contribution is 2.54. The van der Waals surface area contributed by atoms with E-state index in [1.165, 1.54) is 12.1 Å². The Bertz CT molecular complexity index is 1480. The van der Waals surface area contributed by atoms with Crippen LogP contribution in [0.4, 0.5) is 4.39 Å². The molecule has 0 spiro atoms. The number of fused-ring (bicyclic) bond motifs is 1. The second kappa shape index (κ2) is 12.2. The fourth-order valence-corrected chi connectivity index (χ4v) is 6.41. The van der Waals surface area contributed by atoms with E-state index in [2.05, 4.69) is 18.0 Å². The van der Waals surface area contributed by atoms with Crippen LogP contribution < -0.4 is 0 Å². The maximum absolute atomic E-state index is 14.6. The Morgan fingerprint density at radius 3 is 2.61 bits per heavy atom. The van der Waals surface area contributed by atoms with Crippen molar-refractivity contribution in [3.8, 4) is 0 Å². The quantitative estimate of drug-likeness (QED) is 0.238. The van der Waals surface area contributed by atoms with Gasteiger partial charge in [-0.05, 0) is 42.7 Å². The zero-order chi connectivity index (χ0) is 29.1. The number of benzene rings is 2. The predicted molar refractivity (Wildman–Crippen MR) is 158 cm³/mol. The molecule has 41 heavy (non-hydrogen) atoms. The maximum atomic E-state index is 14.6. The number of amides is 3. The summed E-state index contributed by atoms with van der Waals surface area (Å²) in [6.45, 7) is 3.87. The molecule has 0 aliphatic carbocycles. The number of aromatic nitrogens is 1. The number of carbonyl (C=O) groups excluding carboxylic acids is 3. The fraction of sp³-hybridized carbons (Fsp3) is 0.387. The highest BCUT2D eigenvalue weighted by atomic mass is 35.5. The minimum Gasteiger partial charge on any atom is -0.361 e. The van der Waals surface area contributed by atoms with Crippen LogP contribution in [0.1, 0.15) is 49.8 Å². The standard InChI is InChI=1S/C31H33Cl2FN4O3/c1-2-3-4-5-10-31(30(41)37-13-11-36(20-39)12-14-37)17-28(40)38(19-21-6-9-25(33)26(34)15-21)29(31)24-18-35-27-16-22(32)7-8-23(24)27/h4-9,15-16,18,20,29,35H,2-3,10-14,17,19H2,1H3/t29-,31+/m0/s1. The van der Waals surface area contributed by atoms with Crippen molar-refractivity contribution in [3.05, 3.63) is 81.7 Å². The van der Waals surface area contributed by atoms with Crippen LogP contribution in [-0.4, -0.2) is 64.1 Å². The van der Waals surface area contributed by atoms with Crippen LogP contribution in [0, 0.1) is 11.2 Å². The number of unbranched alkanes of at least 4 members (excludes halogenated alkanes) is 1. The van der Waals surface area contributed by atoms with Crippen LogP contribution in [-0.2, 0) is 20.9 Å². The number of halogens is 3. The molecule has 2 saturated heterocycles. The Kier molecular flexibility index (Phi) is 8.71. The molecule has 0 saturated carbocycles. The number of likely N-dealkylation sites (tertiary alicyclic amines) is 1. The minimum atomic E-state index is -1.11. The van der Waals surface area contributed by atoms with E-state index in [0.29, 0.717) is 43.2 Å². The van der Waals surface area contributed by atoms with Crippen molar-refractivity contribution in [2.24, 2.45) is 5.41 Å². The summed E-state index contributed by atoms with van der Waals surface area (Å²) >= 11 is 12.2. The molecule has 5 rings (SSSR count). The molecule has 7 nitrogen and oxygen atoms in total. The molecule has 2 aliphatic rings. The fourth-order valence-electron chi connectivity index (χ4n) is 6.12. The first-order valence-electron chi connectivity index (χ1n) is 13.9. The van der Waals surface area contributed by atoms with Gasteiger partial charge in [-0.1, -0.05) is 60.8 Å². The first-order chi connectivity index (χ1) is 19.8. The smallest absolute Gasteiger partial charge is 0.232 e. The number of piperazine rings is 1. The van der Waals surface area contributed by atoms with Gasteiger partial charge in [-0.2, -0.15) is 0 Å². The van der Waals surface area contributed by atoms with Crippen LogP contribution in [0.25, 0.3) is 10.9 Å². The molecule has 1 N–H and O–H groups in total. The van der Waals surface area contributed by atoms with Crippen molar-refractivity contribution in [2.75, 3.05) is 26.2 Å². The van der Waals surface area contributed by atoms with Crippen molar-refractivity contribution in [3.63, 3.8) is 0 Å². The summed E-state index contributed by atoms with van der Waals surface area (Å²) in [6.07, 6.45) is 8.93. The molecule has 3 heterocycles. The lowest BCUT2D eigenvalue weighted by atomic mass is 9.72. The normalized spacial score (nSPS) is 21.4. The Labute approximate surface area is 248 Å². The summed E-state index contributed by atoms with van der Waals surface area (Å²) < 4.78 is 14.4. The molecular formula is C31H33Cl2FN4O3. The summed E-state index contributed by atoms with van der Waals surface area (Å²) in [7, 11) is 0. The van der Waals surface area contributed by atoms with E-state index >= 15 is 0 Å². The topological polar surface area (TPSA) is 76.7 Å². The summed E-state index contributed by atoms with van der Waals surface area (Å²) in [5.74, 6) is -0.861. The van der Waals surface area contributed by atoms with Crippen molar-refractivity contribution in [1.29, 1.82) is 0 Å². The van der Waals surface area contributed by atoms with Crippen molar-refractivity contribution in [1.82, 2.24) is 19.7 Å². The Balaban J connectivity index is 1.63. The average Bonchev–Trinajstić information content (AvgIpc) is 3.50. The van der Waals surface area contributed by atoms with E-state index in [4.69, 9.17) is 23.2 Å². The van der Waals surface area contributed by atoms with Gasteiger partial charge in [-0.3, -0.25) is 14.4 Å². The molecule has 3 amide bonds. The van der Waals surface area contributed by atoms with Crippen molar-refractivity contribution >= 4 is 52.3 Å². The molecule has 3 aromatic rings. The lowest BCUT2D eigenvalue weighted by molar-refractivity contribution is -0.147. The van der Waals surface area contributed by atoms with Crippen LogP contribution >= 0.6 is 23.2 Å². The zero-order valence-electron chi connectivity index (χ0n) is 22.9. The Hall–Kier alpha value is -3.36. The van der Waals surface area contributed by atoms with Crippen LogP contribution in [0.3, 0.4) is 0 Å². The number of aromatic amines is 1. The molecule has 0 bridgehead atoms. The highest BCUT2D eigenvalue weighted by molar-refractivity contribution is 6.31. The number of allylic oxidation sites excluding steroid dienone is 2. The number of rotatable bonds is 9. The molecule has 0 unspecified atom stereocenters. The maximum Gasteiger partial charge on any atom is 0.232 e. The monoisotopic (exact) mass is 598 g/mol. The molecule has 2 aromatic carbocycles. The summed E-state index contributed by atoms with van der Waals surface area (Å²) in [5, 5.41) is 1.44. The molecular weight excluding hydrogens is 566 g/mol. The molecule has 2 aliphatic heterocycles. The van der Waals surface area contributed by atoms with E-state index < -0.39 is 17.3 Å². The molecule has 216 valence electrons. The first kappa shape index (κ1) is 29.1. The van der Waals surface area contributed by atoms with Gasteiger partial charge in [0, 0.05) is 66.8 Å². The third-order valence-corrected chi connectivity index (χ3v) is 8.75. The second-order valence-electron chi connectivity index (χ2n) is 10.8. The van der Waals surface area contributed by atoms with Gasteiger partial charge in [-0.25, -0.2) is 4.39 Å². The lowest BCUT2D eigenvalue weighted by Crippen LogP contribution is -2.54. The van der Waals surface area contributed by atoms with E-state index in [1.807, 2.05) is 24.4 Å². The highest BCUT2D eigenvalue weighted by Gasteiger charge is 2.58. The van der Waals surface area contributed by atoms with Gasteiger partial charge in [0.15, 0.2) is 0 Å². The number of carbonyl (C=O) groups is 3. The number of hydrogen-bond acceptors (Lipinski definition) is 3. The molecule has 0 radical (unpaired) electrons. The lowest BCUT2D eigenvalue weighted by Gasteiger charge is -2.42. The van der Waals surface area contributed by atoms with Gasteiger partial charge in [0.25, 0.3) is 0 Å². The molecule has 2 atom stereocenters. The largest absolute Gasteiger partial charge is 0.361 e. The summed E-state index contributed by atoms with van der Waals surface area (Å²) in [5.41, 5.74) is 1.08. The SMILES string of the molecule is CCCC=CC[C@@]1(C(=O)N2CCN(C=O)CC2)CC(=O)N(Cc2ccc(Cl)c(F)c2)[C@H]1c1c[nH]c2cc(Cl)ccc12. The van der Waals surface area contributed by atoms with Gasteiger partial charge in [0.05, 0.1) is 16.5 Å². The van der Waals surface area contributed by atoms with Gasteiger partial charge in [0.1, 0.15) is 5.82 Å². The van der Waals surface area contributed by atoms with Crippen molar-refractivity contribution in [2.45, 2.75) is 45.2 Å². The number of hydrogen-bond donors (Lipinski definition) is 1. The van der Waals surface area contributed by atoms with Gasteiger partial charge >= 0.3 is 0 Å². The van der Waals surface area contributed by atoms with Crippen molar-refractivity contribution < 1.29 is 18.8 Å². The average molecular weight is 600 g/mol. The van der Waals surface area contributed by atoms with Crippen LogP contribution in [0.5, 0.6) is 0 Å². The van der Waals surface area contributed by atoms with Gasteiger partial charge < -0.3 is 19.7 Å². The number of nitrogens with one attached hydrogen (secondary N) is 1. The summed E-state index contributed by atoms with van der Waals surface area (Å²) in [4.78, 5) is 48.3. The van der Waals surface area contributed by atoms with Gasteiger partial charge in [-0.15, -0.1) is 0 Å². The molecule has 2 fully saturated rings. The van der Waals surface area contributed by atoms with Crippen LogP contribution in [0.2, 0.25) is 10.0 Å². The van der Waals surface area contributed by atoms with E-state index in [9.17, 15) is 18.8 Å². The zero-order valence-corrected chi connectivity index (χ0v) is 24.4. The summed E-state index contributed by atoms with van der Waals surface area (Å²) in [6, 6.07) is 9.40. The predicted octanol–water partition coefficient (Wildman–Crippen LogP) is 6.12. The van der Waals surface area contributed by atoms with Gasteiger partial charge in [0.2, 0.25) is 18.2 Å². The third-order valence-electron chi connectivity index (χ3n) is 8.21. The Morgan fingerprint density at radius 2 is 1.90 bits per heavy atom.